The van der Waals surface area contributed by atoms with E-state index in [0.717, 1.165) is 18.4 Å². The first-order chi connectivity index (χ1) is 10.7. The molecule has 1 unspecified atom stereocenters. The maximum atomic E-state index is 11.5. The number of nitrogens with two attached hydrogens (primary N) is 1. The summed E-state index contributed by atoms with van der Waals surface area (Å²) in [5.41, 5.74) is 9.72. The van der Waals surface area contributed by atoms with Crippen molar-refractivity contribution >= 4 is 17.7 Å². The molecule has 0 saturated heterocycles. The lowest BCUT2D eigenvalue weighted by molar-refractivity contribution is 0.100. The van der Waals surface area contributed by atoms with Gasteiger partial charge in [0.1, 0.15) is 0 Å². The molecule has 4 nitrogen and oxygen atoms in total. The zero-order chi connectivity index (χ0) is 15.5. The van der Waals surface area contributed by atoms with Crippen molar-refractivity contribution in [2.75, 3.05) is 0 Å². The highest BCUT2D eigenvalue weighted by molar-refractivity contribution is 5.95. The molecule has 2 aliphatic carbocycles. The van der Waals surface area contributed by atoms with Gasteiger partial charge in [0.05, 0.1) is 6.21 Å². The predicted octanol–water partition coefficient (Wildman–Crippen LogP) is 3.60. The Bertz CT molecular complexity index is 628. The molecule has 0 radical (unpaired) electrons. The number of nitrogens with zero attached hydrogens (tertiary/aromatic N) is 1. The van der Waals surface area contributed by atoms with Gasteiger partial charge >= 0.3 is 0 Å². The van der Waals surface area contributed by atoms with Gasteiger partial charge in [-0.25, -0.2) is 0 Å². The van der Waals surface area contributed by atoms with Crippen molar-refractivity contribution in [2.45, 2.75) is 38.5 Å². The molecule has 3 N–H and O–H groups in total. The summed E-state index contributed by atoms with van der Waals surface area (Å²) in [5.74, 6) is 0.364. The van der Waals surface area contributed by atoms with E-state index >= 15 is 0 Å². The molecule has 1 aromatic carbocycles. The highest BCUT2D eigenvalue weighted by atomic mass is 16.4. The molecule has 2 aliphatic rings. The standard InChI is InChI=1S/C18H22N2O2/c19-18(21)14-7-3-6-13(10-14)17-15(11-20-22)8-9-16(17)12-4-1-2-5-12/h3,6-7,10-12,15,22H,1-2,4-5,8-9H2,(H2,19,21). The van der Waals surface area contributed by atoms with E-state index in [1.807, 2.05) is 18.2 Å². The SMILES string of the molecule is NC(=O)c1cccc(C2=C(C3CCCC3)CCC2C=NO)c1. The largest absolute Gasteiger partial charge is 0.411 e. The lowest BCUT2D eigenvalue weighted by Gasteiger charge is -2.17. The minimum atomic E-state index is -0.407. The Kier molecular flexibility index (Phi) is 4.27. The van der Waals surface area contributed by atoms with E-state index in [4.69, 9.17) is 10.9 Å². The first-order valence-corrected chi connectivity index (χ1v) is 8.01. The number of carbonyl (C=O) groups excluding carboxylic acids is 1. The average molecular weight is 298 g/mol. The van der Waals surface area contributed by atoms with E-state index in [-0.39, 0.29) is 5.92 Å². The molecule has 116 valence electrons. The number of primary amides is 1. The molecule has 1 fully saturated rings. The molecule has 0 bridgehead atoms. The van der Waals surface area contributed by atoms with Gasteiger partial charge in [-0.1, -0.05) is 30.5 Å². The van der Waals surface area contributed by atoms with E-state index in [9.17, 15) is 4.79 Å². The van der Waals surface area contributed by atoms with Gasteiger partial charge in [0.2, 0.25) is 5.91 Å². The van der Waals surface area contributed by atoms with E-state index in [0.29, 0.717) is 11.5 Å². The fraction of sp³-hybridized carbons (Fsp3) is 0.444. The van der Waals surface area contributed by atoms with Gasteiger partial charge < -0.3 is 10.9 Å². The second-order valence-electron chi connectivity index (χ2n) is 6.28. The maximum absolute atomic E-state index is 11.5. The summed E-state index contributed by atoms with van der Waals surface area (Å²) in [6.45, 7) is 0. The average Bonchev–Trinajstić information content (AvgIpc) is 3.16. The van der Waals surface area contributed by atoms with Crippen LogP contribution >= 0.6 is 0 Å². The highest BCUT2D eigenvalue weighted by Gasteiger charge is 2.31. The molecule has 3 rings (SSSR count). The van der Waals surface area contributed by atoms with E-state index in [1.54, 1.807) is 12.3 Å². The van der Waals surface area contributed by atoms with E-state index in [1.165, 1.54) is 36.8 Å². The van der Waals surface area contributed by atoms with Gasteiger partial charge in [0, 0.05) is 11.5 Å². The van der Waals surface area contributed by atoms with Gasteiger partial charge in [0.25, 0.3) is 0 Å². The third-order valence-electron chi connectivity index (χ3n) is 4.99. The van der Waals surface area contributed by atoms with Crippen LogP contribution in [0.25, 0.3) is 5.57 Å². The molecule has 1 amide bonds. The van der Waals surface area contributed by atoms with Crippen molar-refractivity contribution in [3.63, 3.8) is 0 Å². The summed E-state index contributed by atoms with van der Waals surface area (Å²) in [5, 5.41) is 12.2. The number of oxime groups is 1. The topological polar surface area (TPSA) is 75.7 Å². The van der Waals surface area contributed by atoms with Crippen LogP contribution < -0.4 is 5.73 Å². The molecule has 0 aromatic heterocycles. The quantitative estimate of drug-likeness (QED) is 0.506. The lowest BCUT2D eigenvalue weighted by Crippen LogP contribution is -2.11. The fourth-order valence-electron chi connectivity index (χ4n) is 4.00. The molecule has 0 aliphatic heterocycles. The Labute approximate surface area is 130 Å². The van der Waals surface area contributed by atoms with Crippen LogP contribution in [0.4, 0.5) is 0 Å². The van der Waals surface area contributed by atoms with Gasteiger partial charge in [0.15, 0.2) is 0 Å². The van der Waals surface area contributed by atoms with Gasteiger partial charge in [-0.2, -0.15) is 0 Å². The van der Waals surface area contributed by atoms with Crippen molar-refractivity contribution in [3.05, 3.63) is 41.0 Å². The zero-order valence-corrected chi connectivity index (χ0v) is 12.7. The van der Waals surface area contributed by atoms with Crippen LogP contribution in [0, 0.1) is 11.8 Å². The summed E-state index contributed by atoms with van der Waals surface area (Å²) in [6.07, 6.45) is 8.73. The molecule has 22 heavy (non-hydrogen) atoms. The van der Waals surface area contributed by atoms with Crippen molar-refractivity contribution < 1.29 is 10.0 Å². The summed E-state index contributed by atoms with van der Waals surface area (Å²) >= 11 is 0. The van der Waals surface area contributed by atoms with E-state index < -0.39 is 5.91 Å². The molecule has 0 heterocycles. The van der Waals surface area contributed by atoms with Crippen LogP contribution in [-0.4, -0.2) is 17.3 Å². The molecule has 1 atom stereocenters. The summed E-state index contributed by atoms with van der Waals surface area (Å²) in [7, 11) is 0. The minimum absolute atomic E-state index is 0.128. The second-order valence-corrected chi connectivity index (χ2v) is 6.28. The predicted molar refractivity (Wildman–Crippen MR) is 86.8 cm³/mol. The Morgan fingerprint density at radius 1 is 1.27 bits per heavy atom. The first-order valence-electron chi connectivity index (χ1n) is 8.01. The minimum Gasteiger partial charge on any atom is -0.411 e. The summed E-state index contributed by atoms with van der Waals surface area (Å²) in [4.78, 5) is 11.5. The number of rotatable bonds is 4. The maximum Gasteiger partial charge on any atom is 0.248 e. The summed E-state index contributed by atoms with van der Waals surface area (Å²) in [6, 6.07) is 7.52. The molecule has 4 heteroatoms. The van der Waals surface area contributed by atoms with Gasteiger partial charge in [-0.15, -0.1) is 5.16 Å². The van der Waals surface area contributed by atoms with Crippen LogP contribution in [0.1, 0.15) is 54.4 Å². The van der Waals surface area contributed by atoms with Gasteiger partial charge in [-0.05, 0) is 54.9 Å². The molecular weight excluding hydrogens is 276 g/mol. The highest BCUT2D eigenvalue weighted by Crippen LogP contribution is 2.46. The Morgan fingerprint density at radius 3 is 2.73 bits per heavy atom. The molecule has 1 aromatic rings. The number of carbonyl (C=O) groups is 1. The smallest absolute Gasteiger partial charge is 0.248 e. The Balaban J connectivity index is 2.05. The monoisotopic (exact) mass is 298 g/mol. The lowest BCUT2D eigenvalue weighted by atomic mass is 9.88. The molecule has 1 saturated carbocycles. The first kappa shape index (κ1) is 14.8. The van der Waals surface area contributed by atoms with Crippen molar-refractivity contribution in [3.8, 4) is 0 Å². The zero-order valence-electron chi connectivity index (χ0n) is 12.7. The number of allylic oxidation sites excluding steroid dienone is 2. The fourth-order valence-corrected chi connectivity index (χ4v) is 4.00. The number of hydrogen-bond acceptors (Lipinski definition) is 3. The second kappa shape index (κ2) is 6.34. The normalized spacial score (nSPS) is 22.8. The number of amides is 1. The third kappa shape index (κ3) is 2.78. The van der Waals surface area contributed by atoms with E-state index in [2.05, 4.69) is 5.16 Å². The van der Waals surface area contributed by atoms with Crippen LogP contribution in [0.3, 0.4) is 0 Å². The van der Waals surface area contributed by atoms with Crippen LogP contribution in [-0.2, 0) is 0 Å². The van der Waals surface area contributed by atoms with Gasteiger partial charge in [-0.3, -0.25) is 4.79 Å². The number of benzene rings is 1. The van der Waals surface area contributed by atoms with Crippen LogP contribution in [0.5, 0.6) is 0 Å². The third-order valence-corrected chi connectivity index (χ3v) is 4.99. The van der Waals surface area contributed by atoms with Crippen molar-refractivity contribution in [2.24, 2.45) is 22.7 Å². The Morgan fingerprint density at radius 2 is 2.05 bits per heavy atom. The Hall–Kier alpha value is -2.10. The number of hydrogen-bond donors (Lipinski definition) is 2. The van der Waals surface area contributed by atoms with Crippen molar-refractivity contribution in [1.29, 1.82) is 0 Å². The van der Waals surface area contributed by atoms with Crippen LogP contribution in [0.15, 0.2) is 35.0 Å². The molecule has 0 spiro atoms. The summed E-state index contributed by atoms with van der Waals surface area (Å²) < 4.78 is 0. The van der Waals surface area contributed by atoms with Crippen molar-refractivity contribution in [1.82, 2.24) is 0 Å². The van der Waals surface area contributed by atoms with Crippen LogP contribution in [0.2, 0.25) is 0 Å². The molecular formula is C18H22N2O2.